The minimum atomic E-state index is 0.369. The van der Waals surface area contributed by atoms with Gasteiger partial charge in [-0.15, -0.1) is 0 Å². The maximum atomic E-state index is 5.78. The summed E-state index contributed by atoms with van der Waals surface area (Å²) < 4.78 is 16.8. The molecule has 17 heavy (non-hydrogen) atoms. The predicted octanol–water partition coefficient (Wildman–Crippen LogP) is 0.537. The van der Waals surface area contributed by atoms with Gasteiger partial charge in [0.1, 0.15) is 0 Å². The van der Waals surface area contributed by atoms with Gasteiger partial charge in [-0.1, -0.05) is 0 Å². The van der Waals surface area contributed by atoms with Gasteiger partial charge in [0.15, 0.2) is 0 Å². The molecule has 2 aliphatic rings. The van der Waals surface area contributed by atoms with Crippen molar-refractivity contribution in [2.24, 2.45) is 5.84 Å². The van der Waals surface area contributed by atoms with Crippen molar-refractivity contribution in [3.63, 3.8) is 0 Å². The first-order chi connectivity index (χ1) is 8.34. The Morgan fingerprint density at radius 1 is 0.941 bits per heavy atom. The third kappa shape index (κ3) is 4.89. The standard InChI is InChI=1S/C12H24N2O3/c13-14-5-1-11(2-6-14)16-9-10-17-12-3-7-15-8-4-12/h11-12H,1-10,13H2. The summed E-state index contributed by atoms with van der Waals surface area (Å²) in [5, 5.41) is 1.86. The van der Waals surface area contributed by atoms with Crippen LogP contribution in [0.15, 0.2) is 0 Å². The zero-order chi connectivity index (χ0) is 11.9. The Bertz CT molecular complexity index is 202. The topological polar surface area (TPSA) is 57.0 Å². The molecule has 0 aromatic heterocycles. The van der Waals surface area contributed by atoms with Crippen LogP contribution in [0.1, 0.15) is 25.7 Å². The summed E-state index contributed by atoms with van der Waals surface area (Å²) in [6.07, 6.45) is 4.85. The van der Waals surface area contributed by atoms with E-state index in [1.165, 1.54) is 0 Å². The van der Waals surface area contributed by atoms with E-state index in [0.29, 0.717) is 25.4 Å². The molecular formula is C12H24N2O3. The van der Waals surface area contributed by atoms with E-state index in [9.17, 15) is 0 Å². The van der Waals surface area contributed by atoms with Crippen molar-refractivity contribution in [1.29, 1.82) is 0 Å². The van der Waals surface area contributed by atoms with Gasteiger partial charge in [0, 0.05) is 26.3 Å². The number of hydrogen-bond acceptors (Lipinski definition) is 5. The first-order valence-corrected chi connectivity index (χ1v) is 6.65. The Morgan fingerprint density at radius 2 is 1.47 bits per heavy atom. The summed E-state index contributed by atoms with van der Waals surface area (Å²) >= 11 is 0. The fourth-order valence-electron chi connectivity index (χ4n) is 2.31. The van der Waals surface area contributed by atoms with Crippen LogP contribution >= 0.6 is 0 Å². The minimum absolute atomic E-state index is 0.369. The van der Waals surface area contributed by atoms with Crippen molar-refractivity contribution >= 4 is 0 Å². The number of ether oxygens (including phenoxy) is 3. The fraction of sp³-hybridized carbons (Fsp3) is 1.00. The van der Waals surface area contributed by atoms with Crippen LogP contribution in [0.4, 0.5) is 0 Å². The molecule has 2 N–H and O–H groups in total. The van der Waals surface area contributed by atoms with Crippen molar-refractivity contribution in [2.75, 3.05) is 39.5 Å². The van der Waals surface area contributed by atoms with Crippen LogP contribution in [0.25, 0.3) is 0 Å². The minimum Gasteiger partial charge on any atom is -0.381 e. The van der Waals surface area contributed by atoms with E-state index < -0.39 is 0 Å². The highest BCUT2D eigenvalue weighted by molar-refractivity contribution is 4.69. The maximum absolute atomic E-state index is 5.78. The molecule has 5 nitrogen and oxygen atoms in total. The van der Waals surface area contributed by atoms with E-state index in [1.54, 1.807) is 0 Å². The summed E-state index contributed by atoms with van der Waals surface area (Å²) in [4.78, 5) is 0. The summed E-state index contributed by atoms with van der Waals surface area (Å²) in [5.74, 6) is 5.69. The molecule has 2 fully saturated rings. The van der Waals surface area contributed by atoms with Crippen LogP contribution in [-0.4, -0.2) is 56.7 Å². The van der Waals surface area contributed by atoms with E-state index in [1.807, 2.05) is 5.01 Å². The number of nitrogens with two attached hydrogens (primary N) is 1. The smallest absolute Gasteiger partial charge is 0.0704 e. The van der Waals surface area contributed by atoms with Crippen LogP contribution in [0.3, 0.4) is 0 Å². The van der Waals surface area contributed by atoms with Crippen LogP contribution in [0.2, 0.25) is 0 Å². The van der Waals surface area contributed by atoms with Gasteiger partial charge in [-0.05, 0) is 25.7 Å². The Kier molecular flexibility index (Phi) is 5.67. The SMILES string of the molecule is NN1CCC(OCCOC2CCOCC2)CC1. The molecule has 0 aromatic carbocycles. The first-order valence-electron chi connectivity index (χ1n) is 6.65. The van der Waals surface area contributed by atoms with E-state index in [-0.39, 0.29) is 0 Å². The summed E-state index contributed by atoms with van der Waals surface area (Å²) in [5.41, 5.74) is 0. The Morgan fingerprint density at radius 3 is 2.06 bits per heavy atom. The highest BCUT2D eigenvalue weighted by atomic mass is 16.5. The lowest BCUT2D eigenvalue weighted by molar-refractivity contribution is -0.0675. The van der Waals surface area contributed by atoms with Crippen LogP contribution in [0, 0.1) is 0 Å². The van der Waals surface area contributed by atoms with Crippen molar-refractivity contribution < 1.29 is 14.2 Å². The summed E-state index contributed by atoms with van der Waals surface area (Å²) in [6.45, 7) is 4.94. The Balaban J connectivity index is 1.48. The van der Waals surface area contributed by atoms with Gasteiger partial charge < -0.3 is 14.2 Å². The predicted molar refractivity (Wildman–Crippen MR) is 64.5 cm³/mol. The van der Waals surface area contributed by atoms with E-state index in [4.69, 9.17) is 20.1 Å². The Hall–Kier alpha value is -0.200. The maximum Gasteiger partial charge on any atom is 0.0704 e. The number of piperidine rings is 1. The number of hydrogen-bond donors (Lipinski definition) is 1. The van der Waals surface area contributed by atoms with Crippen LogP contribution in [0.5, 0.6) is 0 Å². The van der Waals surface area contributed by atoms with Crippen molar-refractivity contribution in [1.82, 2.24) is 5.01 Å². The highest BCUT2D eigenvalue weighted by Crippen LogP contribution is 2.12. The first kappa shape index (κ1) is 13.2. The largest absolute Gasteiger partial charge is 0.381 e. The second-order valence-electron chi connectivity index (χ2n) is 4.79. The van der Waals surface area contributed by atoms with Crippen molar-refractivity contribution in [2.45, 2.75) is 37.9 Å². The summed E-state index contributed by atoms with van der Waals surface area (Å²) in [6, 6.07) is 0. The molecule has 0 unspecified atom stereocenters. The molecule has 2 rings (SSSR count). The average Bonchev–Trinajstić information content (AvgIpc) is 2.38. The monoisotopic (exact) mass is 244 g/mol. The molecule has 2 heterocycles. The molecular weight excluding hydrogens is 220 g/mol. The molecule has 0 bridgehead atoms. The molecule has 0 spiro atoms. The van der Waals surface area contributed by atoms with Crippen molar-refractivity contribution in [3.8, 4) is 0 Å². The Labute approximate surface area is 103 Å². The van der Waals surface area contributed by atoms with Crippen molar-refractivity contribution in [3.05, 3.63) is 0 Å². The molecule has 2 aliphatic heterocycles. The van der Waals surface area contributed by atoms with E-state index in [0.717, 1.165) is 52.0 Å². The third-order valence-electron chi connectivity index (χ3n) is 3.44. The van der Waals surface area contributed by atoms with Crippen LogP contribution in [-0.2, 0) is 14.2 Å². The van der Waals surface area contributed by atoms with E-state index in [2.05, 4.69) is 0 Å². The molecule has 5 heteroatoms. The molecule has 0 atom stereocenters. The van der Waals surface area contributed by atoms with Gasteiger partial charge in [0.2, 0.25) is 0 Å². The second-order valence-corrected chi connectivity index (χ2v) is 4.79. The van der Waals surface area contributed by atoms with Gasteiger partial charge >= 0.3 is 0 Å². The molecule has 100 valence electrons. The van der Waals surface area contributed by atoms with Gasteiger partial charge in [-0.3, -0.25) is 5.84 Å². The zero-order valence-electron chi connectivity index (χ0n) is 10.5. The molecule has 0 amide bonds. The quantitative estimate of drug-likeness (QED) is 0.565. The number of nitrogens with zero attached hydrogens (tertiary/aromatic N) is 1. The van der Waals surface area contributed by atoms with Gasteiger partial charge in [-0.25, -0.2) is 5.01 Å². The van der Waals surface area contributed by atoms with E-state index >= 15 is 0 Å². The molecule has 0 saturated carbocycles. The van der Waals surface area contributed by atoms with Gasteiger partial charge in [0.05, 0.1) is 25.4 Å². The lowest BCUT2D eigenvalue weighted by Crippen LogP contribution is -2.41. The second kappa shape index (κ2) is 7.28. The molecule has 2 saturated heterocycles. The average molecular weight is 244 g/mol. The lowest BCUT2D eigenvalue weighted by atomic mass is 10.1. The van der Waals surface area contributed by atoms with Gasteiger partial charge in [-0.2, -0.15) is 0 Å². The summed E-state index contributed by atoms with van der Waals surface area (Å²) in [7, 11) is 0. The fourth-order valence-corrected chi connectivity index (χ4v) is 2.31. The normalized spacial score (nSPS) is 25.2. The van der Waals surface area contributed by atoms with Gasteiger partial charge in [0.25, 0.3) is 0 Å². The number of hydrazine groups is 1. The lowest BCUT2D eigenvalue weighted by Gasteiger charge is -2.29. The van der Waals surface area contributed by atoms with Crippen LogP contribution < -0.4 is 5.84 Å². The zero-order valence-corrected chi connectivity index (χ0v) is 10.5. The highest BCUT2D eigenvalue weighted by Gasteiger charge is 2.18. The molecule has 0 radical (unpaired) electrons. The molecule has 0 aliphatic carbocycles. The third-order valence-corrected chi connectivity index (χ3v) is 3.44. The number of rotatable bonds is 5. The molecule has 0 aromatic rings.